The molecule has 0 unspecified atom stereocenters. The molecule has 0 spiro atoms. The quantitative estimate of drug-likeness (QED) is 0.868. The van der Waals surface area contributed by atoms with E-state index in [-0.39, 0.29) is 12.1 Å². The van der Waals surface area contributed by atoms with Crippen molar-refractivity contribution in [3.63, 3.8) is 0 Å². The fraction of sp³-hybridized carbons (Fsp3) is 0.632. The number of carbonyl (C=O) groups is 1. The number of likely N-dealkylation sites (tertiary alicyclic amines) is 1. The molecular weight excluding hydrogens is 302 g/mol. The van der Waals surface area contributed by atoms with Crippen molar-refractivity contribution in [2.75, 3.05) is 39.0 Å². The molecule has 134 valence electrons. The van der Waals surface area contributed by atoms with E-state index in [1.807, 2.05) is 37.8 Å². The van der Waals surface area contributed by atoms with E-state index in [2.05, 4.69) is 30.4 Å². The summed E-state index contributed by atoms with van der Waals surface area (Å²) in [5, 5.41) is 3.07. The second-order valence-corrected chi connectivity index (χ2v) is 7.24. The average Bonchev–Trinajstić information content (AvgIpc) is 2.95. The van der Waals surface area contributed by atoms with E-state index in [4.69, 9.17) is 4.74 Å². The Bertz CT molecular complexity index is 558. The van der Waals surface area contributed by atoms with Gasteiger partial charge in [0, 0.05) is 25.3 Å². The fourth-order valence-corrected chi connectivity index (χ4v) is 3.11. The van der Waals surface area contributed by atoms with Crippen LogP contribution < -0.4 is 5.32 Å². The van der Waals surface area contributed by atoms with Crippen molar-refractivity contribution in [2.45, 2.75) is 39.9 Å². The van der Waals surface area contributed by atoms with Crippen molar-refractivity contribution in [1.82, 2.24) is 9.80 Å². The summed E-state index contributed by atoms with van der Waals surface area (Å²) < 4.78 is 5.69. The molecule has 1 aliphatic heterocycles. The smallest absolute Gasteiger partial charge is 0.321 e. The number of nitrogens with one attached hydrogen (secondary N) is 1. The molecule has 24 heavy (non-hydrogen) atoms. The first kappa shape index (κ1) is 18.7. The number of hydrogen-bond donors (Lipinski definition) is 1. The van der Waals surface area contributed by atoms with Crippen molar-refractivity contribution in [3.05, 3.63) is 29.3 Å². The Hall–Kier alpha value is -1.59. The highest BCUT2D eigenvalue weighted by atomic mass is 16.5. The number of carbonyl (C=O) groups excluding carboxylic acids is 1. The predicted octanol–water partition coefficient (Wildman–Crippen LogP) is 3.34. The first-order valence-corrected chi connectivity index (χ1v) is 8.77. The van der Waals surface area contributed by atoms with Crippen LogP contribution in [0.2, 0.25) is 0 Å². The maximum Gasteiger partial charge on any atom is 0.321 e. The van der Waals surface area contributed by atoms with Crippen molar-refractivity contribution in [1.29, 1.82) is 0 Å². The van der Waals surface area contributed by atoms with Gasteiger partial charge in [-0.1, -0.05) is 12.1 Å². The SMILES string of the molecule is Cc1c(COC(C)C)cccc1NC(=O)N1CC[C@H](CN(C)C)C1. The number of benzene rings is 1. The van der Waals surface area contributed by atoms with E-state index < -0.39 is 0 Å². The highest BCUT2D eigenvalue weighted by Gasteiger charge is 2.26. The summed E-state index contributed by atoms with van der Waals surface area (Å²) >= 11 is 0. The Morgan fingerprint density at radius 2 is 2.17 bits per heavy atom. The first-order valence-electron chi connectivity index (χ1n) is 8.77. The van der Waals surface area contributed by atoms with Gasteiger partial charge in [0.15, 0.2) is 0 Å². The van der Waals surface area contributed by atoms with Gasteiger partial charge in [-0.2, -0.15) is 0 Å². The third kappa shape index (κ3) is 5.21. The van der Waals surface area contributed by atoms with Gasteiger partial charge in [0.2, 0.25) is 0 Å². The standard InChI is InChI=1S/C19H31N3O2/c1-14(2)24-13-17-7-6-8-18(15(17)3)20-19(23)22-10-9-16(12-22)11-21(4)5/h6-8,14,16H,9-13H2,1-5H3,(H,20,23)/t16-/m1/s1. The number of hydrogen-bond acceptors (Lipinski definition) is 3. The van der Waals surface area contributed by atoms with Crippen molar-refractivity contribution in [2.24, 2.45) is 5.92 Å². The summed E-state index contributed by atoms with van der Waals surface area (Å²) in [6.07, 6.45) is 1.27. The van der Waals surface area contributed by atoms with Crippen LogP contribution in [0.25, 0.3) is 0 Å². The molecule has 0 aromatic heterocycles. The fourth-order valence-electron chi connectivity index (χ4n) is 3.11. The summed E-state index contributed by atoms with van der Waals surface area (Å²) in [6.45, 7) is 9.36. The van der Waals surface area contributed by atoms with Crippen LogP contribution in [0.3, 0.4) is 0 Å². The van der Waals surface area contributed by atoms with Gasteiger partial charge in [-0.05, 0) is 64.4 Å². The van der Waals surface area contributed by atoms with Gasteiger partial charge < -0.3 is 19.9 Å². The van der Waals surface area contributed by atoms with Gasteiger partial charge in [0.05, 0.1) is 12.7 Å². The molecule has 5 nitrogen and oxygen atoms in total. The minimum atomic E-state index is 0.00119. The maximum absolute atomic E-state index is 12.5. The molecule has 1 N–H and O–H groups in total. The molecule has 1 aromatic rings. The first-order chi connectivity index (χ1) is 11.4. The van der Waals surface area contributed by atoms with Crippen molar-refractivity contribution >= 4 is 11.7 Å². The van der Waals surface area contributed by atoms with E-state index in [1.165, 1.54) is 0 Å². The lowest BCUT2D eigenvalue weighted by atomic mass is 10.1. The van der Waals surface area contributed by atoms with Gasteiger partial charge >= 0.3 is 6.03 Å². The van der Waals surface area contributed by atoms with Crippen LogP contribution in [-0.2, 0) is 11.3 Å². The predicted molar refractivity (Wildman–Crippen MR) is 98.4 cm³/mol. The third-order valence-corrected chi connectivity index (χ3v) is 4.46. The van der Waals surface area contributed by atoms with Crippen LogP contribution in [0.1, 0.15) is 31.4 Å². The van der Waals surface area contributed by atoms with Gasteiger partial charge in [-0.25, -0.2) is 4.79 Å². The zero-order chi connectivity index (χ0) is 17.7. The molecule has 0 bridgehead atoms. The molecular formula is C19H31N3O2. The lowest BCUT2D eigenvalue weighted by Crippen LogP contribution is -2.34. The zero-order valence-corrected chi connectivity index (χ0v) is 15.6. The highest BCUT2D eigenvalue weighted by Crippen LogP contribution is 2.22. The number of ether oxygens (including phenoxy) is 1. The number of rotatable bonds is 6. The minimum absolute atomic E-state index is 0.00119. The number of urea groups is 1. The summed E-state index contributed by atoms with van der Waals surface area (Å²) in [6, 6.07) is 5.98. The monoisotopic (exact) mass is 333 g/mol. The molecule has 2 amide bonds. The van der Waals surface area contributed by atoms with Gasteiger partial charge in [-0.15, -0.1) is 0 Å². The zero-order valence-electron chi connectivity index (χ0n) is 15.6. The Labute approximate surface area is 146 Å². The molecule has 0 aliphatic carbocycles. The van der Waals surface area contributed by atoms with E-state index in [0.29, 0.717) is 12.5 Å². The Kier molecular flexibility index (Phi) is 6.63. The van der Waals surface area contributed by atoms with Crippen LogP contribution in [0.4, 0.5) is 10.5 Å². The van der Waals surface area contributed by atoms with E-state index in [1.54, 1.807) is 0 Å². The lowest BCUT2D eigenvalue weighted by molar-refractivity contribution is 0.0654. The Morgan fingerprint density at radius 3 is 2.83 bits per heavy atom. The second kappa shape index (κ2) is 8.49. The van der Waals surface area contributed by atoms with Gasteiger partial charge in [0.25, 0.3) is 0 Å². The topological polar surface area (TPSA) is 44.8 Å². The summed E-state index contributed by atoms with van der Waals surface area (Å²) in [7, 11) is 4.16. The average molecular weight is 333 g/mol. The van der Waals surface area contributed by atoms with E-state index in [0.717, 1.165) is 42.9 Å². The summed E-state index contributed by atoms with van der Waals surface area (Å²) in [5.74, 6) is 0.567. The van der Waals surface area contributed by atoms with Crippen LogP contribution in [0, 0.1) is 12.8 Å². The lowest BCUT2D eigenvalue weighted by Gasteiger charge is -2.20. The molecule has 1 heterocycles. The molecule has 5 heteroatoms. The van der Waals surface area contributed by atoms with Crippen LogP contribution in [0.5, 0.6) is 0 Å². The largest absolute Gasteiger partial charge is 0.374 e. The van der Waals surface area contributed by atoms with Gasteiger partial charge in [0.1, 0.15) is 0 Å². The normalized spacial score (nSPS) is 17.8. The van der Waals surface area contributed by atoms with Crippen molar-refractivity contribution in [3.8, 4) is 0 Å². The highest BCUT2D eigenvalue weighted by molar-refractivity contribution is 5.90. The number of amides is 2. The Morgan fingerprint density at radius 1 is 1.42 bits per heavy atom. The minimum Gasteiger partial charge on any atom is -0.374 e. The van der Waals surface area contributed by atoms with Crippen molar-refractivity contribution < 1.29 is 9.53 Å². The molecule has 1 saturated heterocycles. The number of nitrogens with zero attached hydrogens (tertiary/aromatic N) is 2. The second-order valence-electron chi connectivity index (χ2n) is 7.24. The number of anilines is 1. The Balaban J connectivity index is 1.96. The van der Waals surface area contributed by atoms with Crippen LogP contribution in [-0.4, -0.2) is 55.7 Å². The molecule has 1 atom stereocenters. The summed E-state index contributed by atoms with van der Waals surface area (Å²) in [5.41, 5.74) is 3.07. The third-order valence-electron chi connectivity index (χ3n) is 4.46. The molecule has 0 saturated carbocycles. The van der Waals surface area contributed by atoms with Crippen LogP contribution in [0.15, 0.2) is 18.2 Å². The molecule has 1 aromatic carbocycles. The maximum atomic E-state index is 12.5. The van der Waals surface area contributed by atoms with E-state index in [9.17, 15) is 4.79 Å². The summed E-state index contributed by atoms with van der Waals surface area (Å²) in [4.78, 5) is 16.7. The molecule has 2 rings (SSSR count). The molecule has 1 aliphatic rings. The van der Waals surface area contributed by atoms with Gasteiger partial charge in [-0.3, -0.25) is 0 Å². The molecule has 1 fully saturated rings. The van der Waals surface area contributed by atoms with Crippen LogP contribution >= 0.6 is 0 Å². The van der Waals surface area contributed by atoms with E-state index >= 15 is 0 Å². The molecule has 0 radical (unpaired) electrons.